The highest BCUT2D eigenvalue weighted by molar-refractivity contribution is 5.74. The summed E-state index contributed by atoms with van der Waals surface area (Å²) in [6.07, 6.45) is 8.89. The number of urea groups is 1. The van der Waals surface area contributed by atoms with E-state index in [1.54, 1.807) is 0 Å². The molecule has 1 heterocycles. The number of hydrogen-bond donors (Lipinski definition) is 1. The molecular weight excluding hydrogens is 200 g/mol. The molecule has 0 aromatic rings. The molecule has 0 bridgehead atoms. The summed E-state index contributed by atoms with van der Waals surface area (Å²) in [6.45, 7) is 4.06. The number of carbonyl (C=O) groups excluding carboxylic acids is 1. The first kappa shape index (κ1) is 11.7. The average Bonchev–Trinajstić information content (AvgIpc) is 2.83. The number of piperidine rings is 1. The molecule has 0 radical (unpaired) electrons. The molecular formula is C13H24N2O. The zero-order valence-corrected chi connectivity index (χ0v) is 10.4. The van der Waals surface area contributed by atoms with Crippen molar-refractivity contribution < 1.29 is 4.79 Å². The summed E-state index contributed by atoms with van der Waals surface area (Å²) in [6, 6.07) is 0.524. The summed E-state index contributed by atoms with van der Waals surface area (Å²) in [5.74, 6) is 0.716. The van der Waals surface area contributed by atoms with Gasteiger partial charge in [-0.1, -0.05) is 12.8 Å². The van der Waals surface area contributed by atoms with Crippen molar-refractivity contribution >= 4 is 6.03 Å². The van der Waals surface area contributed by atoms with E-state index in [1.807, 2.05) is 4.90 Å². The lowest BCUT2D eigenvalue weighted by atomic mass is 10.00. The maximum atomic E-state index is 12.0. The van der Waals surface area contributed by atoms with E-state index in [9.17, 15) is 4.79 Å². The summed E-state index contributed by atoms with van der Waals surface area (Å²) in [7, 11) is 0. The van der Waals surface area contributed by atoms with Crippen molar-refractivity contribution in [2.24, 2.45) is 5.92 Å². The monoisotopic (exact) mass is 224 g/mol. The number of carbonyl (C=O) groups is 1. The zero-order chi connectivity index (χ0) is 11.4. The van der Waals surface area contributed by atoms with Gasteiger partial charge in [-0.3, -0.25) is 0 Å². The third-order valence-corrected chi connectivity index (χ3v) is 4.10. The highest BCUT2D eigenvalue weighted by atomic mass is 16.2. The summed E-state index contributed by atoms with van der Waals surface area (Å²) in [4.78, 5) is 14.0. The maximum Gasteiger partial charge on any atom is 0.317 e. The quantitative estimate of drug-likeness (QED) is 0.768. The van der Waals surface area contributed by atoms with Crippen LogP contribution in [0.3, 0.4) is 0 Å². The number of likely N-dealkylation sites (tertiary alicyclic amines) is 1. The first-order chi connectivity index (χ1) is 7.77. The molecule has 1 atom stereocenters. The fraction of sp³-hybridized carbons (Fsp3) is 0.923. The van der Waals surface area contributed by atoms with Gasteiger partial charge in [-0.05, 0) is 44.9 Å². The second kappa shape index (κ2) is 5.55. The van der Waals surface area contributed by atoms with Crippen LogP contribution in [0.5, 0.6) is 0 Å². The van der Waals surface area contributed by atoms with Crippen LogP contribution in [0, 0.1) is 5.92 Å². The van der Waals surface area contributed by atoms with Gasteiger partial charge >= 0.3 is 6.03 Å². The second-order valence-electron chi connectivity index (χ2n) is 5.33. The van der Waals surface area contributed by atoms with E-state index >= 15 is 0 Å². The molecule has 0 aromatic carbocycles. The van der Waals surface area contributed by atoms with Crippen molar-refractivity contribution in [3.8, 4) is 0 Å². The minimum Gasteiger partial charge on any atom is -0.335 e. The van der Waals surface area contributed by atoms with Crippen LogP contribution in [0.25, 0.3) is 0 Å². The van der Waals surface area contributed by atoms with E-state index in [-0.39, 0.29) is 6.03 Å². The lowest BCUT2D eigenvalue weighted by molar-refractivity contribution is 0.179. The molecule has 1 unspecified atom stereocenters. The van der Waals surface area contributed by atoms with Crippen LogP contribution in [-0.4, -0.2) is 30.1 Å². The summed E-state index contributed by atoms with van der Waals surface area (Å²) in [5.41, 5.74) is 0. The van der Waals surface area contributed by atoms with Crippen LogP contribution < -0.4 is 5.32 Å². The van der Waals surface area contributed by atoms with Gasteiger partial charge in [0, 0.05) is 19.1 Å². The number of nitrogens with zero attached hydrogens (tertiary/aromatic N) is 1. The number of hydrogen-bond acceptors (Lipinski definition) is 1. The standard InChI is InChI=1S/C13H24N2O/c1-11(12-7-3-4-8-12)14-13(16)15-9-5-2-6-10-15/h11-12H,2-10H2,1H3,(H,14,16). The van der Waals surface area contributed by atoms with E-state index in [2.05, 4.69) is 12.2 Å². The highest BCUT2D eigenvalue weighted by Gasteiger charge is 2.24. The van der Waals surface area contributed by atoms with Gasteiger partial charge < -0.3 is 10.2 Å². The Morgan fingerprint density at radius 2 is 1.75 bits per heavy atom. The minimum atomic E-state index is 0.166. The van der Waals surface area contributed by atoms with Crippen molar-refractivity contribution in [3.05, 3.63) is 0 Å². The van der Waals surface area contributed by atoms with Crippen molar-refractivity contribution in [1.82, 2.24) is 10.2 Å². The zero-order valence-electron chi connectivity index (χ0n) is 10.4. The van der Waals surface area contributed by atoms with E-state index < -0.39 is 0 Å². The smallest absolute Gasteiger partial charge is 0.317 e. The summed E-state index contributed by atoms with van der Waals surface area (Å²) < 4.78 is 0. The van der Waals surface area contributed by atoms with Crippen LogP contribution in [0.4, 0.5) is 4.79 Å². The first-order valence-electron chi connectivity index (χ1n) is 6.83. The SMILES string of the molecule is CC(NC(=O)N1CCCCC1)C1CCCC1. The number of rotatable bonds is 2. The Kier molecular flexibility index (Phi) is 4.08. The predicted molar refractivity (Wildman–Crippen MR) is 65.4 cm³/mol. The van der Waals surface area contributed by atoms with Gasteiger partial charge in [0.15, 0.2) is 0 Å². The Morgan fingerprint density at radius 1 is 1.12 bits per heavy atom. The summed E-state index contributed by atoms with van der Waals surface area (Å²) >= 11 is 0. The van der Waals surface area contributed by atoms with Crippen LogP contribution >= 0.6 is 0 Å². The van der Waals surface area contributed by atoms with Gasteiger partial charge in [0.25, 0.3) is 0 Å². The van der Waals surface area contributed by atoms with Crippen molar-refractivity contribution in [2.45, 2.75) is 57.9 Å². The Hall–Kier alpha value is -0.730. The number of nitrogens with one attached hydrogen (secondary N) is 1. The molecule has 2 rings (SSSR count). The van der Waals surface area contributed by atoms with Crippen LogP contribution in [-0.2, 0) is 0 Å². The van der Waals surface area contributed by atoms with E-state index in [4.69, 9.17) is 0 Å². The second-order valence-corrected chi connectivity index (χ2v) is 5.33. The Balaban J connectivity index is 1.76. The van der Waals surface area contributed by atoms with Crippen LogP contribution in [0.15, 0.2) is 0 Å². The molecule has 1 saturated heterocycles. The molecule has 1 N–H and O–H groups in total. The van der Waals surface area contributed by atoms with Crippen LogP contribution in [0.2, 0.25) is 0 Å². The van der Waals surface area contributed by atoms with Crippen molar-refractivity contribution in [3.63, 3.8) is 0 Å². The van der Waals surface area contributed by atoms with Gasteiger partial charge in [-0.2, -0.15) is 0 Å². The molecule has 1 aliphatic heterocycles. The lowest BCUT2D eigenvalue weighted by Gasteiger charge is -2.30. The molecule has 1 saturated carbocycles. The van der Waals surface area contributed by atoms with Gasteiger partial charge in [-0.25, -0.2) is 4.79 Å². The van der Waals surface area contributed by atoms with Gasteiger partial charge in [-0.15, -0.1) is 0 Å². The molecule has 0 spiro atoms. The van der Waals surface area contributed by atoms with Gasteiger partial charge in [0.05, 0.1) is 0 Å². The van der Waals surface area contributed by atoms with E-state index in [0.717, 1.165) is 13.1 Å². The molecule has 2 aliphatic rings. The fourth-order valence-corrected chi connectivity index (χ4v) is 2.96. The molecule has 3 heteroatoms. The maximum absolute atomic E-state index is 12.0. The van der Waals surface area contributed by atoms with Crippen molar-refractivity contribution in [1.29, 1.82) is 0 Å². The van der Waals surface area contributed by atoms with Gasteiger partial charge in [0.1, 0.15) is 0 Å². The summed E-state index contributed by atoms with van der Waals surface area (Å²) in [5, 5.41) is 3.18. The molecule has 16 heavy (non-hydrogen) atoms. The first-order valence-corrected chi connectivity index (χ1v) is 6.83. The Morgan fingerprint density at radius 3 is 2.38 bits per heavy atom. The van der Waals surface area contributed by atoms with E-state index in [0.29, 0.717) is 12.0 Å². The molecule has 0 aromatic heterocycles. The fourth-order valence-electron chi connectivity index (χ4n) is 2.96. The largest absolute Gasteiger partial charge is 0.335 e. The molecule has 1 aliphatic carbocycles. The van der Waals surface area contributed by atoms with Crippen LogP contribution in [0.1, 0.15) is 51.9 Å². The van der Waals surface area contributed by atoms with E-state index in [1.165, 1.54) is 44.9 Å². The molecule has 2 fully saturated rings. The lowest BCUT2D eigenvalue weighted by Crippen LogP contribution is -2.47. The molecule has 2 amide bonds. The predicted octanol–water partition coefficient (Wildman–Crippen LogP) is 2.76. The van der Waals surface area contributed by atoms with Gasteiger partial charge in [0.2, 0.25) is 0 Å². The molecule has 3 nitrogen and oxygen atoms in total. The highest BCUT2D eigenvalue weighted by Crippen LogP contribution is 2.27. The minimum absolute atomic E-state index is 0.166. The normalized spacial score (nSPS) is 24.4. The Labute approximate surface area is 98.6 Å². The molecule has 92 valence electrons. The third-order valence-electron chi connectivity index (χ3n) is 4.10. The number of amides is 2. The third kappa shape index (κ3) is 2.89. The Bertz CT molecular complexity index is 230. The topological polar surface area (TPSA) is 32.3 Å². The van der Waals surface area contributed by atoms with Crippen molar-refractivity contribution in [2.75, 3.05) is 13.1 Å². The average molecular weight is 224 g/mol.